The molecular formula is C30H22F8N8O3. The average Bonchev–Trinajstić information content (AvgIpc) is 3.34. The van der Waals surface area contributed by atoms with E-state index in [0.717, 1.165) is 24.3 Å². The van der Waals surface area contributed by atoms with Crippen LogP contribution < -0.4 is 21.3 Å². The molecule has 0 aliphatic carbocycles. The minimum absolute atomic E-state index is 0.0440. The first-order valence-corrected chi connectivity index (χ1v) is 13.9. The Morgan fingerprint density at radius 2 is 1.41 bits per heavy atom. The van der Waals surface area contributed by atoms with Crippen molar-refractivity contribution < 1.29 is 49.4 Å². The Kier molecular flexibility index (Phi) is 9.54. The van der Waals surface area contributed by atoms with Gasteiger partial charge in [-0.3, -0.25) is 5.32 Å². The van der Waals surface area contributed by atoms with Gasteiger partial charge in [-0.05, 0) is 36.4 Å². The van der Waals surface area contributed by atoms with Crippen molar-refractivity contribution in [2.75, 3.05) is 34.4 Å². The van der Waals surface area contributed by atoms with Gasteiger partial charge in [0.15, 0.2) is 5.65 Å². The Morgan fingerprint density at radius 3 is 2.00 bits per heavy atom. The molecule has 4 N–H and O–H groups in total. The maximum Gasteiger partial charge on any atom is 0.421 e. The molecule has 0 fully saturated rings. The number of amides is 3. The van der Waals surface area contributed by atoms with Gasteiger partial charge in [0.05, 0.1) is 23.3 Å². The standard InChI is InChI=1S/C30H22F8N8O3/c1-46-25-17(14-40-26(44-25)39-12-13-49-28(48)43-21-7-3-5-19(32)23(21)30(36,37)38)24(45-46)15-8-10-16(11-9-15)41-27(47)42-20-6-2-4-18(31)22(20)29(33,34)35/h2-11,14H,12-13H2,1H3,(H,43,48)(H,39,40,44)(H2,41,42,47). The summed E-state index contributed by atoms with van der Waals surface area (Å²) in [5.41, 5.74) is -3.18. The van der Waals surface area contributed by atoms with Crippen LogP contribution in [0.1, 0.15) is 11.1 Å². The third-order valence-corrected chi connectivity index (χ3v) is 6.69. The molecule has 3 amide bonds. The fourth-order valence-electron chi connectivity index (χ4n) is 4.62. The number of benzene rings is 3. The first kappa shape index (κ1) is 34.3. The Morgan fingerprint density at radius 1 is 0.816 bits per heavy atom. The van der Waals surface area contributed by atoms with Gasteiger partial charge < -0.3 is 20.7 Å². The van der Waals surface area contributed by atoms with Crippen LogP contribution in [-0.2, 0) is 24.1 Å². The molecule has 11 nitrogen and oxygen atoms in total. The zero-order chi connectivity index (χ0) is 35.5. The predicted molar refractivity (Wildman–Crippen MR) is 161 cm³/mol. The van der Waals surface area contributed by atoms with Crippen molar-refractivity contribution in [1.82, 2.24) is 19.7 Å². The fourth-order valence-corrected chi connectivity index (χ4v) is 4.62. The lowest BCUT2D eigenvalue weighted by Gasteiger charge is -2.15. The molecule has 19 heteroatoms. The lowest BCUT2D eigenvalue weighted by molar-refractivity contribution is -0.140. The largest absolute Gasteiger partial charge is 0.447 e. The van der Waals surface area contributed by atoms with Crippen molar-refractivity contribution in [1.29, 1.82) is 0 Å². The van der Waals surface area contributed by atoms with E-state index in [0.29, 0.717) is 34.4 Å². The Balaban J connectivity index is 1.18. The van der Waals surface area contributed by atoms with Crippen LogP contribution in [0.2, 0.25) is 0 Å². The Hall–Kier alpha value is -6.01. The number of carbonyl (C=O) groups excluding carboxylic acids is 2. The fraction of sp³-hybridized carbons (Fsp3) is 0.167. The number of rotatable bonds is 8. The second kappa shape index (κ2) is 13.6. The molecule has 0 bridgehead atoms. The van der Waals surface area contributed by atoms with E-state index in [1.54, 1.807) is 19.2 Å². The molecule has 256 valence electrons. The summed E-state index contributed by atoms with van der Waals surface area (Å²) in [5, 5.41) is 14.0. The maximum absolute atomic E-state index is 13.8. The van der Waals surface area contributed by atoms with E-state index in [9.17, 15) is 44.7 Å². The average molecular weight is 695 g/mol. The van der Waals surface area contributed by atoms with Crippen molar-refractivity contribution in [2.24, 2.45) is 7.05 Å². The lowest BCUT2D eigenvalue weighted by atomic mass is 10.1. The maximum atomic E-state index is 13.8. The molecule has 5 rings (SSSR count). The van der Waals surface area contributed by atoms with Crippen LogP contribution in [0.25, 0.3) is 22.3 Å². The van der Waals surface area contributed by atoms with Gasteiger partial charge in [-0.1, -0.05) is 24.3 Å². The third-order valence-electron chi connectivity index (χ3n) is 6.69. The normalized spacial score (nSPS) is 11.7. The van der Waals surface area contributed by atoms with Crippen molar-refractivity contribution in [3.63, 3.8) is 0 Å². The van der Waals surface area contributed by atoms with E-state index in [2.05, 4.69) is 25.7 Å². The topological polar surface area (TPSA) is 135 Å². The molecule has 5 aromatic rings. The zero-order valence-corrected chi connectivity index (χ0v) is 24.8. The molecule has 3 aromatic carbocycles. The minimum atomic E-state index is -5.04. The number of ether oxygens (including phenoxy) is 1. The van der Waals surface area contributed by atoms with E-state index >= 15 is 0 Å². The number of aromatic nitrogens is 4. The lowest BCUT2D eigenvalue weighted by Crippen LogP contribution is -2.22. The zero-order valence-electron chi connectivity index (χ0n) is 24.8. The highest BCUT2D eigenvalue weighted by molar-refractivity contribution is 6.00. The summed E-state index contributed by atoms with van der Waals surface area (Å²) in [6.07, 6.45) is -9.86. The number of hydrogen-bond donors (Lipinski definition) is 4. The summed E-state index contributed by atoms with van der Waals surface area (Å²) >= 11 is 0. The highest BCUT2D eigenvalue weighted by Crippen LogP contribution is 2.38. The summed E-state index contributed by atoms with van der Waals surface area (Å²) in [6, 6.07) is 10.2. The summed E-state index contributed by atoms with van der Waals surface area (Å²) in [4.78, 5) is 32.9. The van der Waals surface area contributed by atoms with Crippen LogP contribution in [0.5, 0.6) is 0 Å². The molecule has 0 saturated carbocycles. The summed E-state index contributed by atoms with van der Waals surface area (Å²) < 4.78 is 113. The van der Waals surface area contributed by atoms with E-state index in [4.69, 9.17) is 4.74 Å². The Bertz CT molecular complexity index is 2010. The number of aryl methyl sites for hydroxylation is 1. The van der Waals surface area contributed by atoms with Crippen molar-refractivity contribution in [3.05, 3.63) is 89.6 Å². The van der Waals surface area contributed by atoms with Gasteiger partial charge in [-0.15, -0.1) is 0 Å². The van der Waals surface area contributed by atoms with Gasteiger partial charge in [0.25, 0.3) is 0 Å². The van der Waals surface area contributed by atoms with Crippen LogP contribution in [0.4, 0.5) is 67.7 Å². The van der Waals surface area contributed by atoms with Gasteiger partial charge in [-0.25, -0.2) is 28.0 Å². The summed E-state index contributed by atoms with van der Waals surface area (Å²) in [5.74, 6) is -2.98. The first-order chi connectivity index (χ1) is 23.1. The van der Waals surface area contributed by atoms with Crippen molar-refractivity contribution in [2.45, 2.75) is 12.4 Å². The molecule has 0 unspecified atom stereocenters. The number of alkyl halides is 6. The number of urea groups is 1. The van der Waals surface area contributed by atoms with E-state index in [1.807, 2.05) is 10.6 Å². The van der Waals surface area contributed by atoms with Crippen molar-refractivity contribution >= 4 is 46.2 Å². The number of nitrogens with one attached hydrogen (secondary N) is 4. The second-order valence-corrected chi connectivity index (χ2v) is 10.1. The molecule has 2 heterocycles. The predicted octanol–water partition coefficient (Wildman–Crippen LogP) is 7.65. The summed E-state index contributed by atoms with van der Waals surface area (Å²) in [6.45, 7) is -0.359. The molecule has 49 heavy (non-hydrogen) atoms. The van der Waals surface area contributed by atoms with Gasteiger partial charge >= 0.3 is 24.5 Å². The van der Waals surface area contributed by atoms with E-state index in [1.165, 1.54) is 23.0 Å². The number of fused-ring (bicyclic) bond motifs is 1. The second-order valence-electron chi connectivity index (χ2n) is 10.1. The summed E-state index contributed by atoms with van der Waals surface area (Å²) in [7, 11) is 1.61. The number of carbonyl (C=O) groups is 2. The first-order valence-electron chi connectivity index (χ1n) is 13.9. The minimum Gasteiger partial charge on any atom is -0.447 e. The van der Waals surface area contributed by atoms with Crippen LogP contribution in [-0.4, -0.2) is 45.0 Å². The molecule has 0 radical (unpaired) electrons. The third kappa shape index (κ3) is 7.94. The smallest absolute Gasteiger partial charge is 0.421 e. The monoisotopic (exact) mass is 694 g/mol. The molecular weight excluding hydrogens is 672 g/mol. The number of nitrogens with zero attached hydrogens (tertiary/aromatic N) is 4. The van der Waals surface area contributed by atoms with Crippen LogP contribution in [0.15, 0.2) is 66.9 Å². The van der Waals surface area contributed by atoms with E-state index < -0.39 is 58.6 Å². The van der Waals surface area contributed by atoms with E-state index in [-0.39, 0.29) is 24.8 Å². The van der Waals surface area contributed by atoms with Crippen LogP contribution in [0.3, 0.4) is 0 Å². The number of anilines is 4. The molecule has 2 aromatic heterocycles. The highest BCUT2D eigenvalue weighted by atomic mass is 19.4. The molecule has 0 atom stereocenters. The van der Waals surface area contributed by atoms with Gasteiger partial charge in [0, 0.05) is 24.5 Å². The number of halogens is 8. The van der Waals surface area contributed by atoms with Gasteiger partial charge in [0.1, 0.15) is 35.1 Å². The van der Waals surface area contributed by atoms with Crippen molar-refractivity contribution in [3.8, 4) is 11.3 Å². The highest BCUT2D eigenvalue weighted by Gasteiger charge is 2.38. The Labute approximate surface area is 270 Å². The molecule has 0 aliphatic heterocycles. The quantitative estimate of drug-likeness (QED) is 0.0968. The molecule has 0 aliphatic rings. The number of hydrogen-bond acceptors (Lipinski definition) is 7. The molecule has 0 saturated heterocycles. The van der Waals surface area contributed by atoms with Gasteiger partial charge in [-0.2, -0.15) is 36.4 Å². The van der Waals surface area contributed by atoms with Crippen LogP contribution in [0, 0.1) is 11.6 Å². The SMILES string of the molecule is Cn1nc(-c2ccc(NC(=O)Nc3cccc(F)c3C(F)(F)F)cc2)c2cnc(NCCOC(=O)Nc3cccc(F)c3C(F)(F)F)nc21. The molecule has 0 spiro atoms. The van der Waals surface area contributed by atoms with Crippen LogP contribution >= 0.6 is 0 Å². The van der Waals surface area contributed by atoms with Gasteiger partial charge in [0.2, 0.25) is 5.95 Å².